The molecule has 6 nitrogen and oxygen atoms in total. The molecule has 0 atom stereocenters. The Labute approximate surface area is 185 Å². The van der Waals surface area contributed by atoms with Crippen LogP contribution in [0.1, 0.15) is 5.56 Å². The SMILES string of the molecule is Cn1ccc2nc(-c3ccc(CNS(=O)(=O)CCF)cc3)c(-c3ccccc3)cc2c1=O. The first-order valence-electron chi connectivity index (χ1n) is 10.1. The van der Waals surface area contributed by atoms with Crippen molar-refractivity contribution in [3.8, 4) is 22.4 Å². The standard InChI is InChI=1S/C24H22FN3O3S/c1-28-13-11-22-21(24(28)29)15-20(18-5-3-2-4-6-18)23(27-22)19-9-7-17(8-10-19)16-26-32(30,31)14-12-25/h2-11,13,15,26H,12,14,16H2,1H3. The Morgan fingerprint density at radius 1 is 1.00 bits per heavy atom. The molecule has 4 rings (SSSR count). The molecule has 0 saturated carbocycles. The van der Waals surface area contributed by atoms with E-state index >= 15 is 0 Å². The normalized spacial score (nSPS) is 11.7. The van der Waals surface area contributed by atoms with Gasteiger partial charge >= 0.3 is 0 Å². The van der Waals surface area contributed by atoms with Crippen LogP contribution in [0.3, 0.4) is 0 Å². The Balaban J connectivity index is 1.76. The molecule has 2 aromatic carbocycles. The average molecular weight is 452 g/mol. The molecule has 164 valence electrons. The van der Waals surface area contributed by atoms with Gasteiger partial charge in [0.1, 0.15) is 6.67 Å². The molecule has 2 aromatic heterocycles. The van der Waals surface area contributed by atoms with Gasteiger partial charge in [0.15, 0.2) is 0 Å². The Morgan fingerprint density at radius 2 is 1.72 bits per heavy atom. The van der Waals surface area contributed by atoms with Crippen LogP contribution in [-0.2, 0) is 23.6 Å². The lowest BCUT2D eigenvalue weighted by molar-refractivity contribution is 0.513. The van der Waals surface area contributed by atoms with E-state index in [1.54, 1.807) is 25.4 Å². The minimum absolute atomic E-state index is 0.0787. The molecule has 0 aliphatic carbocycles. The lowest BCUT2D eigenvalue weighted by Crippen LogP contribution is -2.26. The number of fused-ring (bicyclic) bond motifs is 1. The minimum Gasteiger partial charge on any atom is -0.318 e. The van der Waals surface area contributed by atoms with E-state index in [0.29, 0.717) is 10.9 Å². The Hall–Kier alpha value is -3.36. The fourth-order valence-corrected chi connectivity index (χ4v) is 4.21. The number of benzene rings is 2. The molecule has 0 aliphatic rings. The molecule has 1 N–H and O–H groups in total. The van der Waals surface area contributed by atoms with E-state index in [0.717, 1.165) is 27.9 Å². The van der Waals surface area contributed by atoms with Crippen molar-refractivity contribution >= 4 is 20.9 Å². The van der Waals surface area contributed by atoms with Crippen LogP contribution in [0.25, 0.3) is 33.3 Å². The van der Waals surface area contributed by atoms with Crippen molar-refractivity contribution in [3.63, 3.8) is 0 Å². The molecule has 2 heterocycles. The first-order valence-corrected chi connectivity index (χ1v) is 11.7. The van der Waals surface area contributed by atoms with Crippen LogP contribution >= 0.6 is 0 Å². The van der Waals surface area contributed by atoms with E-state index in [1.165, 1.54) is 4.57 Å². The summed E-state index contributed by atoms with van der Waals surface area (Å²) >= 11 is 0. The van der Waals surface area contributed by atoms with Crippen molar-refractivity contribution in [2.24, 2.45) is 7.05 Å². The third-order valence-corrected chi connectivity index (χ3v) is 6.49. The summed E-state index contributed by atoms with van der Waals surface area (Å²) in [6.07, 6.45) is 1.69. The summed E-state index contributed by atoms with van der Waals surface area (Å²) in [5.41, 5.74) is 4.56. The topological polar surface area (TPSA) is 81.1 Å². The van der Waals surface area contributed by atoms with Crippen LogP contribution in [-0.4, -0.2) is 30.4 Å². The Kier molecular flexibility index (Phi) is 6.16. The van der Waals surface area contributed by atoms with Crippen molar-refractivity contribution in [1.29, 1.82) is 0 Å². The van der Waals surface area contributed by atoms with E-state index < -0.39 is 22.5 Å². The zero-order chi connectivity index (χ0) is 22.7. The van der Waals surface area contributed by atoms with Crippen molar-refractivity contribution in [1.82, 2.24) is 14.3 Å². The van der Waals surface area contributed by atoms with Gasteiger partial charge in [0.25, 0.3) is 5.56 Å². The predicted octanol–water partition coefficient (Wildman–Crippen LogP) is 3.66. The quantitative estimate of drug-likeness (QED) is 0.465. The van der Waals surface area contributed by atoms with E-state index in [-0.39, 0.29) is 12.1 Å². The van der Waals surface area contributed by atoms with Gasteiger partial charge in [-0.3, -0.25) is 4.79 Å². The Bertz CT molecular complexity index is 1420. The molecule has 0 spiro atoms. The van der Waals surface area contributed by atoms with E-state index in [1.807, 2.05) is 54.6 Å². The van der Waals surface area contributed by atoms with Crippen LogP contribution in [0.2, 0.25) is 0 Å². The highest BCUT2D eigenvalue weighted by Gasteiger charge is 2.14. The van der Waals surface area contributed by atoms with Crippen molar-refractivity contribution in [3.05, 3.63) is 88.8 Å². The van der Waals surface area contributed by atoms with E-state index in [9.17, 15) is 17.6 Å². The number of sulfonamides is 1. The van der Waals surface area contributed by atoms with Crippen LogP contribution in [0, 0.1) is 0 Å². The number of rotatable bonds is 7. The number of hydrogen-bond donors (Lipinski definition) is 1. The van der Waals surface area contributed by atoms with E-state index in [4.69, 9.17) is 4.98 Å². The fourth-order valence-electron chi connectivity index (χ4n) is 3.47. The number of pyridine rings is 2. The molecular formula is C24H22FN3O3S. The van der Waals surface area contributed by atoms with Gasteiger partial charge in [0, 0.05) is 30.9 Å². The molecule has 0 unspecified atom stereocenters. The monoisotopic (exact) mass is 451 g/mol. The Morgan fingerprint density at radius 3 is 2.41 bits per heavy atom. The largest absolute Gasteiger partial charge is 0.318 e. The maximum atomic E-state index is 12.6. The lowest BCUT2D eigenvalue weighted by Gasteiger charge is -2.13. The van der Waals surface area contributed by atoms with Crippen LogP contribution < -0.4 is 10.3 Å². The highest BCUT2D eigenvalue weighted by Crippen LogP contribution is 2.32. The summed E-state index contributed by atoms with van der Waals surface area (Å²) in [7, 11) is -1.93. The summed E-state index contributed by atoms with van der Waals surface area (Å²) in [6.45, 7) is -0.845. The van der Waals surface area contributed by atoms with Crippen LogP contribution in [0.5, 0.6) is 0 Å². The van der Waals surface area contributed by atoms with Gasteiger partial charge in [-0.25, -0.2) is 22.5 Å². The highest BCUT2D eigenvalue weighted by atomic mass is 32.2. The molecule has 0 amide bonds. The van der Waals surface area contributed by atoms with Gasteiger partial charge in [0.05, 0.1) is 22.3 Å². The predicted molar refractivity (Wildman–Crippen MR) is 124 cm³/mol. The summed E-state index contributed by atoms with van der Waals surface area (Å²) in [5.74, 6) is -0.550. The molecule has 0 radical (unpaired) electrons. The number of nitrogens with one attached hydrogen (secondary N) is 1. The maximum absolute atomic E-state index is 12.6. The summed E-state index contributed by atoms with van der Waals surface area (Å²) in [5, 5.41) is 0.538. The first kappa shape index (κ1) is 21.9. The van der Waals surface area contributed by atoms with Crippen molar-refractivity contribution in [2.45, 2.75) is 6.54 Å². The summed E-state index contributed by atoms with van der Waals surface area (Å²) in [6, 6.07) is 20.7. The van der Waals surface area contributed by atoms with Gasteiger partial charge in [0.2, 0.25) is 10.0 Å². The van der Waals surface area contributed by atoms with Gasteiger partial charge in [-0.15, -0.1) is 0 Å². The van der Waals surface area contributed by atoms with Crippen LogP contribution in [0.4, 0.5) is 4.39 Å². The second-order valence-corrected chi connectivity index (χ2v) is 9.37. The zero-order valence-electron chi connectivity index (χ0n) is 17.5. The first-order chi connectivity index (χ1) is 15.4. The molecule has 0 aliphatic heterocycles. The molecule has 0 fully saturated rings. The number of halogens is 1. The van der Waals surface area contributed by atoms with E-state index in [2.05, 4.69) is 4.72 Å². The minimum atomic E-state index is -3.64. The molecule has 0 bridgehead atoms. The molecular weight excluding hydrogens is 429 g/mol. The zero-order valence-corrected chi connectivity index (χ0v) is 18.3. The molecule has 4 aromatic rings. The number of alkyl halides is 1. The number of hydrogen-bond acceptors (Lipinski definition) is 4. The third kappa shape index (κ3) is 4.61. The van der Waals surface area contributed by atoms with Gasteiger partial charge in [-0.05, 0) is 23.3 Å². The summed E-state index contributed by atoms with van der Waals surface area (Å²) < 4.78 is 39.6. The number of nitrogens with zero attached hydrogens (tertiary/aromatic N) is 2. The van der Waals surface area contributed by atoms with Gasteiger partial charge in [-0.1, -0.05) is 54.6 Å². The average Bonchev–Trinajstić information content (AvgIpc) is 2.80. The van der Waals surface area contributed by atoms with Gasteiger partial charge in [-0.2, -0.15) is 0 Å². The maximum Gasteiger partial charge on any atom is 0.259 e. The fraction of sp³-hybridized carbons (Fsp3) is 0.167. The number of aryl methyl sites for hydroxylation is 1. The van der Waals surface area contributed by atoms with Crippen LogP contribution in [0.15, 0.2) is 77.7 Å². The third-order valence-electron chi connectivity index (χ3n) is 5.21. The lowest BCUT2D eigenvalue weighted by atomic mass is 9.97. The van der Waals surface area contributed by atoms with Gasteiger partial charge < -0.3 is 4.57 Å². The molecule has 0 saturated heterocycles. The summed E-state index contributed by atoms with van der Waals surface area (Å²) in [4.78, 5) is 17.4. The molecule has 32 heavy (non-hydrogen) atoms. The second kappa shape index (κ2) is 9.02. The van der Waals surface area contributed by atoms with Crippen molar-refractivity contribution < 1.29 is 12.8 Å². The molecule has 8 heteroatoms. The smallest absolute Gasteiger partial charge is 0.259 e. The number of aromatic nitrogens is 2. The second-order valence-electron chi connectivity index (χ2n) is 7.44. The highest BCUT2D eigenvalue weighted by molar-refractivity contribution is 7.89. The van der Waals surface area contributed by atoms with Crippen molar-refractivity contribution in [2.75, 3.05) is 12.4 Å².